The van der Waals surface area contributed by atoms with E-state index in [1.54, 1.807) is 0 Å². The largest absolute Gasteiger partial charge is 0.313 e. The molecule has 204 valence electrons. The molecule has 39 heavy (non-hydrogen) atoms. The molecule has 4 aromatic rings. The minimum atomic E-state index is -3.45. The predicted octanol–water partition coefficient (Wildman–Crippen LogP) is 8.73. The first-order chi connectivity index (χ1) is 18.9. The molecule has 0 radical (unpaired) electrons. The highest BCUT2D eigenvalue weighted by Gasteiger charge is 2.57. The summed E-state index contributed by atoms with van der Waals surface area (Å²) in [5.41, 5.74) is -0.422. The van der Waals surface area contributed by atoms with Crippen LogP contribution in [0.3, 0.4) is 0 Å². The molecular formula is C35H42O2P2. The summed E-state index contributed by atoms with van der Waals surface area (Å²) in [6.45, 7) is 6.69. The van der Waals surface area contributed by atoms with Gasteiger partial charge in [-0.25, -0.2) is 0 Å². The van der Waals surface area contributed by atoms with Crippen LogP contribution in [0.15, 0.2) is 121 Å². The highest BCUT2D eigenvalue weighted by molar-refractivity contribution is 7.95. The molecule has 0 saturated heterocycles. The van der Waals surface area contributed by atoms with Crippen molar-refractivity contribution in [1.29, 1.82) is 0 Å². The van der Waals surface area contributed by atoms with Crippen LogP contribution in [0.25, 0.3) is 0 Å². The third-order valence-electron chi connectivity index (χ3n) is 8.07. The molecule has 4 rings (SSSR count). The Labute approximate surface area is 235 Å². The zero-order chi connectivity index (χ0) is 27.8. The predicted molar refractivity (Wildman–Crippen MR) is 170 cm³/mol. The van der Waals surface area contributed by atoms with Gasteiger partial charge >= 0.3 is 0 Å². The van der Waals surface area contributed by atoms with Crippen molar-refractivity contribution in [1.82, 2.24) is 0 Å². The fraction of sp³-hybridized carbons (Fsp3) is 0.314. The Kier molecular flexibility index (Phi) is 9.87. The molecule has 0 atom stereocenters. The molecule has 0 N–H and O–H groups in total. The minimum absolute atomic E-state index is 0.422. The fourth-order valence-corrected chi connectivity index (χ4v) is 16.0. The monoisotopic (exact) mass is 556 g/mol. The highest BCUT2D eigenvalue weighted by Crippen LogP contribution is 2.72. The molecule has 0 bridgehead atoms. The van der Waals surface area contributed by atoms with Gasteiger partial charge < -0.3 is 9.13 Å². The lowest BCUT2D eigenvalue weighted by Crippen LogP contribution is -2.43. The van der Waals surface area contributed by atoms with Crippen LogP contribution in [0.2, 0.25) is 0 Å². The summed E-state index contributed by atoms with van der Waals surface area (Å²) in [6, 6.07) is 39.5. The molecule has 4 heteroatoms. The molecule has 0 spiro atoms. The van der Waals surface area contributed by atoms with Crippen molar-refractivity contribution in [2.75, 3.05) is 0 Å². The maximum absolute atomic E-state index is 16.3. The van der Waals surface area contributed by atoms with Gasteiger partial charge in [0.25, 0.3) is 0 Å². The zero-order valence-corrected chi connectivity index (χ0v) is 25.4. The van der Waals surface area contributed by atoms with E-state index in [9.17, 15) is 0 Å². The number of hydrogen-bond donors (Lipinski definition) is 0. The lowest BCUT2D eigenvalue weighted by atomic mass is 9.82. The van der Waals surface area contributed by atoms with Crippen LogP contribution in [0.5, 0.6) is 0 Å². The molecule has 0 heterocycles. The quantitative estimate of drug-likeness (QED) is 0.154. The summed E-state index contributed by atoms with van der Waals surface area (Å²) in [6.07, 6.45) is 5.84. The zero-order valence-electron chi connectivity index (χ0n) is 23.6. The maximum atomic E-state index is 16.3. The molecule has 2 nitrogen and oxygen atoms in total. The molecule has 0 fully saturated rings. The van der Waals surface area contributed by atoms with Crippen molar-refractivity contribution in [2.24, 2.45) is 5.41 Å². The first-order valence-electron chi connectivity index (χ1n) is 14.3. The number of rotatable bonds is 13. The van der Waals surface area contributed by atoms with Crippen LogP contribution in [0.4, 0.5) is 0 Å². The van der Waals surface area contributed by atoms with Gasteiger partial charge in [-0.2, -0.15) is 0 Å². The van der Waals surface area contributed by atoms with Crippen molar-refractivity contribution >= 4 is 35.5 Å². The molecule has 0 saturated carbocycles. The van der Waals surface area contributed by atoms with E-state index in [0.717, 1.165) is 59.7 Å². The van der Waals surface area contributed by atoms with Gasteiger partial charge in [-0.05, 0) is 18.3 Å². The Hall–Kier alpha value is -2.66. The lowest BCUT2D eigenvalue weighted by Gasteiger charge is -2.47. The van der Waals surface area contributed by atoms with Crippen molar-refractivity contribution in [2.45, 2.75) is 64.7 Å². The second-order valence-corrected chi connectivity index (χ2v) is 17.0. The molecule has 4 aromatic carbocycles. The topological polar surface area (TPSA) is 34.1 Å². The fourth-order valence-electron chi connectivity index (χ4n) is 6.11. The van der Waals surface area contributed by atoms with E-state index in [4.69, 9.17) is 0 Å². The van der Waals surface area contributed by atoms with Gasteiger partial charge in [0.15, 0.2) is 14.3 Å². The van der Waals surface area contributed by atoms with Crippen molar-refractivity contribution < 1.29 is 9.13 Å². The summed E-state index contributed by atoms with van der Waals surface area (Å²) < 4.78 is 32.6. The number of benzene rings is 4. The number of unbranched alkanes of at least 4 members (excludes halogenated alkanes) is 2. The Bertz CT molecular complexity index is 1190. The van der Waals surface area contributed by atoms with Crippen LogP contribution < -0.4 is 21.2 Å². The lowest BCUT2D eigenvalue weighted by molar-refractivity contribution is 0.273. The summed E-state index contributed by atoms with van der Waals surface area (Å²) in [5.74, 6) is 0. The molecule has 0 aliphatic heterocycles. The van der Waals surface area contributed by atoms with Crippen LogP contribution in [-0.2, 0) is 9.13 Å². The van der Waals surface area contributed by atoms with E-state index >= 15 is 9.13 Å². The highest BCUT2D eigenvalue weighted by atomic mass is 31.2. The standard InChI is InChI=1S/C35H42O2P2/c1-4-6-28-35(3,29-7-5-2)34(38(36,30-20-12-8-13-21-30)31-22-14-9-15-23-31)39(37,32-24-16-10-17-25-32)33-26-18-11-19-27-33/h8-27,34H,4-7,28-29H2,1-3H3. The van der Waals surface area contributed by atoms with Crippen molar-refractivity contribution in [3.8, 4) is 0 Å². The summed E-state index contributed by atoms with van der Waals surface area (Å²) >= 11 is 0. The Morgan fingerprint density at radius 1 is 0.513 bits per heavy atom. The molecular weight excluding hydrogens is 514 g/mol. The molecule has 0 amide bonds. The van der Waals surface area contributed by atoms with Gasteiger partial charge in [-0.15, -0.1) is 0 Å². The van der Waals surface area contributed by atoms with Crippen molar-refractivity contribution in [3.05, 3.63) is 121 Å². The average Bonchev–Trinajstić information content (AvgIpc) is 3.00. The normalized spacial score (nSPS) is 12.5. The molecule has 0 unspecified atom stereocenters. The molecule has 0 aromatic heterocycles. The van der Waals surface area contributed by atoms with Crippen LogP contribution in [-0.4, -0.2) is 5.40 Å². The second-order valence-electron chi connectivity index (χ2n) is 10.9. The summed E-state index contributed by atoms with van der Waals surface area (Å²) in [4.78, 5) is 0. The van der Waals surface area contributed by atoms with Gasteiger partial charge in [0.05, 0.1) is 5.40 Å². The van der Waals surface area contributed by atoms with E-state index in [0.29, 0.717) is 0 Å². The molecule has 0 aliphatic carbocycles. The van der Waals surface area contributed by atoms with E-state index in [1.807, 2.05) is 121 Å². The summed E-state index contributed by atoms with van der Waals surface area (Å²) in [7, 11) is -6.90. The van der Waals surface area contributed by atoms with E-state index in [-0.39, 0.29) is 0 Å². The molecule has 0 aliphatic rings. The van der Waals surface area contributed by atoms with E-state index in [1.165, 1.54) is 0 Å². The van der Waals surface area contributed by atoms with Crippen LogP contribution in [0.1, 0.15) is 59.3 Å². The Balaban J connectivity index is 2.17. The van der Waals surface area contributed by atoms with Gasteiger partial charge in [-0.1, -0.05) is 168 Å². The third kappa shape index (κ3) is 5.94. The van der Waals surface area contributed by atoms with Crippen LogP contribution >= 0.6 is 14.3 Å². The smallest absolute Gasteiger partial charge is 0.154 e. The average molecular weight is 557 g/mol. The minimum Gasteiger partial charge on any atom is -0.313 e. The van der Waals surface area contributed by atoms with Gasteiger partial charge in [0.1, 0.15) is 0 Å². The summed E-state index contributed by atoms with van der Waals surface area (Å²) in [5, 5.41) is 2.55. The Morgan fingerprint density at radius 3 is 1.00 bits per heavy atom. The maximum Gasteiger partial charge on any atom is 0.154 e. The third-order valence-corrected chi connectivity index (χ3v) is 16.9. The van der Waals surface area contributed by atoms with Crippen molar-refractivity contribution in [3.63, 3.8) is 0 Å². The van der Waals surface area contributed by atoms with E-state index in [2.05, 4.69) is 20.8 Å². The second kappa shape index (κ2) is 13.1. The van der Waals surface area contributed by atoms with Gasteiger partial charge in [0, 0.05) is 21.2 Å². The first-order valence-corrected chi connectivity index (χ1v) is 17.9. The van der Waals surface area contributed by atoms with E-state index < -0.39 is 25.1 Å². The first kappa shape index (κ1) is 29.3. The van der Waals surface area contributed by atoms with Crippen LogP contribution in [0, 0.1) is 5.41 Å². The van der Waals surface area contributed by atoms with Gasteiger partial charge in [0.2, 0.25) is 0 Å². The van der Waals surface area contributed by atoms with Gasteiger partial charge in [-0.3, -0.25) is 0 Å². The number of hydrogen-bond acceptors (Lipinski definition) is 2. The Morgan fingerprint density at radius 2 is 0.769 bits per heavy atom. The SMILES string of the molecule is CCCCC(C)(CCCC)C(P(=O)(c1ccccc1)c1ccccc1)P(=O)(c1ccccc1)c1ccccc1.